The van der Waals surface area contributed by atoms with E-state index in [4.69, 9.17) is 20.9 Å². The molecule has 262 valence electrons. The Morgan fingerprint density at radius 2 is 1.15 bits per heavy atom. The van der Waals surface area contributed by atoms with Gasteiger partial charge >= 0.3 is 31.4 Å². The summed E-state index contributed by atoms with van der Waals surface area (Å²) >= 11 is 7.40. The second-order valence-electron chi connectivity index (χ2n) is 10.9. The molecule has 0 bridgehead atoms. The van der Waals surface area contributed by atoms with E-state index in [-0.39, 0.29) is 31.6 Å². The van der Waals surface area contributed by atoms with E-state index in [2.05, 4.69) is 62.2 Å². The molecule has 0 aliphatic rings. The Labute approximate surface area is 325 Å². The molecule has 0 fully saturated rings. The van der Waals surface area contributed by atoms with Crippen LogP contribution >= 0.6 is 24.4 Å². The van der Waals surface area contributed by atoms with E-state index in [0.29, 0.717) is 11.4 Å². The Kier molecular flexibility index (Phi) is 13.7. The van der Waals surface area contributed by atoms with Gasteiger partial charge in [-0.3, -0.25) is 24.7 Å². The molecule has 8 rings (SSSR count). The van der Waals surface area contributed by atoms with Crippen molar-refractivity contribution in [1.82, 2.24) is 29.1 Å². The molecule has 53 heavy (non-hydrogen) atoms. The topological polar surface area (TPSA) is 181 Å². The Balaban J connectivity index is 0.000000239. The molecule has 0 spiro atoms. The first kappa shape index (κ1) is 39.6. The third-order valence-corrected chi connectivity index (χ3v) is 7.95. The van der Waals surface area contributed by atoms with Gasteiger partial charge in [0.05, 0.1) is 51.8 Å². The summed E-state index contributed by atoms with van der Waals surface area (Å²) in [5.74, 6) is -1.84. The van der Waals surface area contributed by atoms with Crippen molar-refractivity contribution in [3.05, 3.63) is 132 Å². The zero-order chi connectivity index (χ0) is 37.2. The van der Waals surface area contributed by atoms with Crippen LogP contribution in [0.15, 0.2) is 116 Å². The molecule has 6 aromatic heterocycles. The van der Waals surface area contributed by atoms with Gasteiger partial charge in [0.15, 0.2) is 0 Å². The minimum Gasteiger partial charge on any atom is -0.753 e. The summed E-state index contributed by atoms with van der Waals surface area (Å²) in [6, 6.07) is 28.6. The predicted molar refractivity (Wildman–Crippen MR) is 208 cm³/mol. The number of benzene rings is 2. The smallest absolute Gasteiger partial charge is 0.753 e. The number of fused-ring (bicyclic) bond motifs is 6. The monoisotopic (exact) mass is 824 g/mol. The zero-order valence-electron chi connectivity index (χ0n) is 27.6. The molecule has 8 aromatic rings. The van der Waals surface area contributed by atoms with Crippen molar-refractivity contribution in [3.63, 3.8) is 0 Å². The maximum Gasteiger partial charge on any atom is 2.00 e. The SMILES string of the molecule is Cn1c2ccccc2c2cc(-c3cc4c5ccccc5n(CC(=O)O)c4cn3)ncc21.O=C(O)c1ccnc(-c2ccccn2)c1.[N-]=C=S.[N-]=C=S.[Ru+2]. The number of hydrogen-bond acceptors (Lipinski definition) is 8. The Morgan fingerprint density at radius 3 is 1.74 bits per heavy atom. The first-order chi connectivity index (χ1) is 25.2. The molecule has 0 saturated carbocycles. The summed E-state index contributed by atoms with van der Waals surface area (Å²) in [5, 5.41) is 39.4. The number of carbonyl (C=O) groups is 2. The van der Waals surface area contributed by atoms with Crippen LogP contribution in [0.5, 0.6) is 0 Å². The summed E-state index contributed by atoms with van der Waals surface area (Å²) in [6.07, 6.45) is 6.75. The number of carboxylic acid groups (broad SMARTS) is 2. The first-order valence-corrected chi connectivity index (χ1v) is 16.1. The number of aromatic nitrogens is 6. The van der Waals surface area contributed by atoms with E-state index in [1.807, 2.05) is 61.8 Å². The fraction of sp³-hybridized carbons (Fsp3) is 0.0526. The third-order valence-electron chi connectivity index (χ3n) is 7.95. The Morgan fingerprint density at radius 1 is 0.642 bits per heavy atom. The van der Waals surface area contributed by atoms with Crippen LogP contribution < -0.4 is 0 Å². The molecule has 15 heteroatoms. The van der Waals surface area contributed by atoms with Gasteiger partial charge in [-0.15, -0.1) is 0 Å². The molecule has 0 atom stereocenters. The van der Waals surface area contributed by atoms with Crippen molar-refractivity contribution in [1.29, 1.82) is 0 Å². The Bertz CT molecular complexity index is 2640. The van der Waals surface area contributed by atoms with Crippen LogP contribution in [0, 0.1) is 0 Å². The number of nitrogens with zero attached hydrogens (tertiary/aromatic N) is 8. The van der Waals surface area contributed by atoms with E-state index < -0.39 is 11.9 Å². The number of isothiocyanates is 2. The minimum absolute atomic E-state index is 0. The largest absolute Gasteiger partial charge is 2.00 e. The van der Waals surface area contributed by atoms with E-state index in [0.717, 1.165) is 49.6 Å². The van der Waals surface area contributed by atoms with Crippen molar-refractivity contribution in [2.75, 3.05) is 0 Å². The number of aryl methyl sites for hydroxylation is 1. The van der Waals surface area contributed by atoms with E-state index >= 15 is 0 Å². The van der Waals surface area contributed by atoms with Gasteiger partial charge < -0.3 is 30.2 Å². The Hall–Kier alpha value is -6.20. The molecular formula is C38H26N8O4RuS2. The van der Waals surface area contributed by atoms with E-state index in [1.165, 1.54) is 34.0 Å². The van der Waals surface area contributed by atoms with Gasteiger partial charge in [-0.1, -0.05) is 66.9 Å². The van der Waals surface area contributed by atoms with Crippen LogP contribution in [0.2, 0.25) is 0 Å². The summed E-state index contributed by atoms with van der Waals surface area (Å²) < 4.78 is 3.95. The third kappa shape index (κ3) is 8.82. The number of pyridine rings is 4. The standard InChI is InChI=1S/C25H18N4O2.C11H8N2O2.2CNS.Ru/c1-28-21-8-4-2-6-15(21)17-10-19(26-12-23(17)28)20-11-18-16-7-3-5-9-22(16)29(14-25(30)31)24(18)13-27-20;14-11(15)8-4-6-13-10(7-8)9-3-1-2-5-12-9;2*2-1-3;/h2-13H,14H2,1H3,(H,30,31);1-7H,(H,14,15);;;/q;;2*-1;+2. The minimum atomic E-state index is -0.963. The van der Waals surface area contributed by atoms with Crippen molar-refractivity contribution in [2.45, 2.75) is 6.54 Å². The van der Waals surface area contributed by atoms with Crippen molar-refractivity contribution < 1.29 is 39.3 Å². The second-order valence-corrected chi connectivity index (χ2v) is 11.2. The average molecular weight is 824 g/mol. The fourth-order valence-corrected chi connectivity index (χ4v) is 5.80. The molecule has 0 saturated heterocycles. The van der Waals surface area contributed by atoms with Gasteiger partial charge in [0.25, 0.3) is 0 Å². The molecule has 0 amide bonds. The van der Waals surface area contributed by atoms with Crippen LogP contribution in [0.1, 0.15) is 10.4 Å². The number of hydrogen-bond donors (Lipinski definition) is 2. The molecule has 2 aromatic carbocycles. The first-order valence-electron chi connectivity index (χ1n) is 15.3. The van der Waals surface area contributed by atoms with Crippen LogP contribution in [-0.2, 0) is 37.9 Å². The zero-order valence-corrected chi connectivity index (χ0v) is 31.0. The quantitative estimate of drug-likeness (QED) is 0.0977. The molecule has 0 aliphatic heterocycles. The van der Waals surface area contributed by atoms with Crippen LogP contribution in [-0.4, -0.2) is 61.5 Å². The van der Waals surface area contributed by atoms with Crippen molar-refractivity contribution in [3.8, 4) is 22.8 Å². The number of aliphatic carboxylic acids is 1. The molecule has 2 N–H and O–H groups in total. The van der Waals surface area contributed by atoms with E-state index in [9.17, 15) is 14.7 Å². The summed E-state index contributed by atoms with van der Waals surface area (Å²) in [4.78, 5) is 39.7. The van der Waals surface area contributed by atoms with Gasteiger partial charge in [0, 0.05) is 52.0 Å². The number of aromatic carboxylic acids is 1. The molecular weight excluding hydrogens is 798 g/mol. The molecule has 6 heterocycles. The molecule has 0 radical (unpaired) electrons. The number of rotatable bonds is 5. The van der Waals surface area contributed by atoms with Gasteiger partial charge in [-0.2, -0.15) is 10.3 Å². The second kappa shape index (κ2) is 18.3. The average Bonchev–Trinajstić information content (AvgIpc) is 3.63. The van der Waals surface area contributed by atoms with Gasteiger partial charge in [-0.05, 0) is 48.5 Å². The maximum atomic E-state index is 11.4. The number of carboxylic acids is 2. The molecule has 12 nitrogen and oxygen atoms in total. The predicted octanol–water partition coefficient (Wildman–Crippen LogP) is 8.14. The van der Waals surface area contributed by atoms with Crippen molar-refractivity contribution in [2.24, 2.45) is 7.05 Å². The fourth-order valence-electron chi connectivity index (χ4n) is 5.80. The van der Waals surface area contributed by atoms with Gasteiger partial charge in [-0.25, -0.2) is 4.79 Å². The van der Waals surface area contributed by atoms with Crippen LogP contribution in [0.25, 0.3) is 77.2 Å². The van der Waals surface area contributed by atoms with Gasteiger partial charge in [0.1, 0.15) is 6.54 Å². The summed E-state index contributed by atoms with van der Waals surface area (Å²) in [7, 11) is 2.05. The van der Waals surface area contributed by atoms with Crippen molar-refractivity contribution >= 4 is 90.3 Å². The van der Waals surface area contributed by atoms with Crippen LogP contribution in [0.3, 0.4) is 0 Å². The van der Waals surface area contributed by atoms with Gasteiger partial charge in [0.2, 0.25) is 0 Å². The normalized spacial score (nSPS) is 9.98. The maximum absolute atomic E-state index is 11.4. The number of para-hydroxylation sites is 2. The summed E-state index contributed by atoms with van der Waals surface area (Å²) in [6.45, 7) is -0.106. The molecule has 0 unspecified atom stereocenters. The summed E-state index contributed by atoms with van der Waals surface area (Å²) in [5.41, 5.74) is 6.93. The number of thiocarbonyl (C=S) groups is 2. The molecule has 0 aliphatic carbocycles. The van der Waals surface area contributed by atoms with Crippen LogP contribution in [0.4, 0.5) is 0 Å². The van der Waals surface area contributed by atoms with E-state index in [1.54, 1.807) is 29.1 Å².